The van der Waals surface area contributed by atoms with Gasteiger partial charge in [0, 0.05) is 31.3 Å². The molecule has 3 aromatic heterocycles. The molecule has 9 heteroatoms. The van der Waals surface area contributed by atoms with Crippen molar-refractivity contribution in [2.75, 3.05) is 11.4 Å². The van der Waals surface area contributed by atoms with E-state index in [1.807, 2.05) is 16.9 Å². The van der Waals surface area contributed by atoms with Gasteiger partial charge >= 0.3 is 110 Å². The summed E-state index contributed by atoms with van der Waals surface area (Å²) in [6.07, 6.45) is 6.16. The van der Waals surface area contributed by atoms with Gasteiger partial charge in [-0.25, -0.2) is 0 Å². The van der Waals surface area contributed by atoms with Crippen LogP contribution in [0.2, 0.25) is 0 Å². The first-order chi connectivity index (χ1) is 8.92. The molecular formula is C12H12KN7Rb-. The van der Waals surface area contributed by atoms with Gasteiger partial charge in [0.1, 0.15) is 0 Å². The van der Waals surface area contributed by atoms with Gasteiger partial charge in [-0.3, -0.25) is 9.78 Å². The Morgan fingerprint density at radius 2 is 2.10 bits per heavy atom. The number of nitrogens with zero attached hydrogens (tertiary/aromatic N) is 7. The molecule has 0 radical (unpaired) electrons. The summed E-state index contributed by atoms with van der Waals surface area (Å²) in [5.41, 5.74) is 1.78. The normalized spacial score (nSPS) is 12.9. The van der Waals surface area contributed by atoms with Crippen LogP contribution in [0.4, 0.5) is 5.82 Å². The number of rotatable bonds is 1. The van der Waals surface area contributed by atoms with Crippen LogP contribution in [-0.4, -0.2) is 31.4 Å². The molecule has 0 fully saturated rings. The summed E-state index contributed by atoms with van der Waals surface area (Å²) in [6.45, 7) is 2.50. The van der Waals surface area contributed by atoms with Gasteiger partial charge in [0.05, 0.1) is 12.2 Å². The molecule has 0 saturated heterocycles. The Labute approximate surface area is 214 Å². The van der Waals surface area contributed by atoms with Crippen molar-refractivity contribution < 1.29 is 110 Å². The summed E-state index contributed by atoms with van der Waals surface area (Å²) in [4.78, 5) is 10.4. The SMILES string of the molecule is [CH3-].[K+].[Rb+].[c-]1nc(N2CCn3nccc3C2)c2cn[n-]c2n1. The minimum atomic E-state index is 0. The van der Waals surface area contributed by atoms with E-state index < -0.39 is 0 Å². The summed E-state index contributed by atoms with van der Waals surface area (Å²) in [7, 11) is 0. The van der Waals surface area contributed by atoms with Gasteiger partial charge in [0.2, 0.25) is 0 Å². The predicted octanol–water partition coefficient (Wildman–Crippen LogP) is -5.54. The number of fused-ring (bicyclic) bond motifs is 2. The molecular weight excluding hydrogens is 367 g/mol. The molecule has 0 saturated carbocycles. The van der Waals surface area contributed by atoms with Gasteiger partial charge in [-0.05, 0) is 6.07 Å². The van der Waals surface area contributed by atoms with Crippen LogP contribution in [-0.2, 0) is 13.1 Å². The van der Waals surface area contributed by atoms with Gasteiger partial charge in [0.15, 0.2) is 0 Å². The van der Waals surface area contributed by atoms with E-state index in [0.717, 1.165) is 30.8 Å². The first kappa shape index (κ1) is 20.0. The van der Waals surface area contributed by atoms with Crippen LogP contribution in [0.1, 0.15) is 5.69 Å². The molecule has 21 heavy (non-hydrogen) atoms. The Morgan fingerprint density at radius 3 is 2.95 bits per heavy atom. The van der Waals surface area contributed by atoms with Crippen LogP contribution in [0.15, 0.2) is 18.5 Å². The van der Waals surface area contributed by atoms with Crippen LogP contribution in [0.3, 0.4) is 0 Å². The molecule has 4 rings (SSSR count). The second-order valence-corrected chi connectivity index (χ2v) is 4.20. The van der Waals surface area contributed by atoms with Crippen LogP contribution in [0, 0.1) is 13.8 Å². The van der Waals surface area contributed by atoms with Crippen molar-refractivity contribution in [2.45, 2.75) is 13.1 Å². The van der Waals surface area contributed by atoms with Crippen molar-refractivity contribution >= 4 is 16.9 Å². The second kappa shape index (κ2) is 8.74. The third kappa shape index (κ3) is 3.92. The minimum Gasteiger partial charge on any atom is -0.553 e. The molecule has 0 unspecified atom stereocenters. The van der Waals surface area contributed by atoms with Crippen molar-refractivity contribution in [3.63, 3.8) is 0 Å². The van der Waals surface area contributed by atoms with E-state index in [2.05, 4.69) is 36.5 Å². The van der Waals surface area contributed by atoms with Crippen molar-refractivity contribution in [3.05, 3.63) is 37.9 Å². The van der Waals surface area contributed by atoms with Crippen LogP contribution in [0.25, 0.3) is 11.0 Å². The Morgan fingerprint density at radius 1 is 1.24 bits per heavy atom. The van der Waals surface area contributed by atoms with Crippen LogP contribution >= 0.6 is 0 Å². The average molecular weight is 379 g/mol. The Bertz CT molecular complexity index is 710. The van der Waals surface area contributed by atoms with Crippen molar-refractivity contribution in [3.8, 4) is 0 Å². The third-order valence-electron chi connectivity index (χ3n) is 3.17. The maximum Gasteiger partial charge on any atom is 1.00 e. The molecule has 98 valence electrons. The first-order valence-corrected chi connectivity index (χ1v) is 5.69. The Hall–Kier alpha value is 1.00. The van der Waals surface area contributed by atoms with E-state index in [1.54, 1.807) is 6.20 Å². The molecule has 0 amide bonds. The van der Waals surface area contributed by atoms with Crippen molar-refractivity contribution in [1.82, 2.24) is 29.9 Å². The fourth-order valence-electron chi connectivity index (χ4n) is 2.28. The Kier molecular flexibility index (Phi) is 8.35. The zero-order valence-corrected chi connectivity index (χ0v) is 20.5. The fraction of sp³-hybridized carbons (Fsp3) is 0.250. The maximum atomic E-state index is 4.26. The third-order valence-corrected chi connectivity index (χ3v) is 3.17. The largest absolute Gasteiger partial charge is 1.00 e. The van der Waals surface area contributed by atoms with Gasteiger partial charge in [0.25, 0.3) is 0 Å². The summed E-state index contributed by atoms with van der Waals surface area (Å²) in [5.74, 6) is 0.845. The molecule has 3 aromatic rings. The summed E-state index contributed by atoms with van der Waals surface area (Å²) in [5, 5.41) is 12.9. The van der Waals surface area contributed by atoms with Gasteiger partial charge in [-0.1, -0.05) is 5.39 Å². The molecule has 7 nitrogen and oxygen atoms in total. The zero-order valence-electron chi connectivity index (χ0n) is 12.5. The summed E-state index contributed by atoms with van der Waals surface area (Å²) in [6, 6.07) is 2.02. The molecule has 0 aromatic carbocycles. The fourth-order valence-corrected chi connectivity index (χ4v) is 2.28. The van der Waals surface area contributed by atoms with E-state index in [-0.39, 0.29) is 117 Å². The standard InChI is InChI=1S/C11H9N7.CH3.K.Rb/c1-2-15-18-4-3-17(6-8(1)18)11-9-5-14-16-10(9)12-7-13-11;;;/h1-2,5H,3-4,6H2;1H3;;/q-2;-1;2*+1. The van der Waals surface area contributed by atoms with Crippen molar-refractivity contribution in [2.24, 2.45) is 0 Å². The maximum absolute atomic E-state index is 4.26. The number of aromatic nitrogens is 6. The molecule has 0 bridgehead atoms. The number of hydrogen-bond donors (Lipinski definition) is 0. The molecule has 0 spiro atoms. The molecule has 0 N–H and O–H groups in total. The van der Waals surface area contributed by atoms with Crippen molar-refractivity contribution in [1.29, 1.82) is 0 Å². The van der Waals surface area contributed by atoms with E-state index in [9.17, 15) is 0 Å². The second-order valence-electron chi connectivity index (χ2n) is 4.20. The van der Waals surface area contributed by atoms with E-state index >= 15 is 0 Å². The molecule has 0 aliphatic carbocycles. The van der Waals surface area contributed by atoms with Gasteiger partial charge in [-0.2, -0.15) is 5.10 Å². The van der Waals surface area contributed by atoms with E-state index in [4.69, 9.17) is 0 Å². The van der Waals surface area contributed by atoms with Crippen LogP contribution in [0.5, 0.6) is 0 Å². The zero-order chi connectivity index (χ0) is 11.9. The number of hydrogen-bond acceptors (Lipinski definition) is 5. The quantitative estimate of drug-likeness (QED) is 0.311. The van der Waals surface area contributed by atoms with Gasteiger partial charge < -0.3 is 27.4 Å². The molecule has 0 atom stereocenters. The summed E-state index contributed by atoms with van der Waals surface area (Å²) < 4.78 is 2.01. The minimum absolute atomic E-state index is 0. The monoisotopic (exact) mass is 378 g/mol. The van der Waals surface area contributed by atoms with E-state index in [1.165, 1.54) is 5.69 Å². The molecule has 1 aliphatic rings. The molecule has 4 heterocycles. The van der Waals surface area contributed by atoms with Gasteiger partial charge in [-0.15, -0.1) is 12.0 Å². The topological polar surface area (TPSA) is 73.8 Å². The predicted molar refractivity (Wildman–Crippen MR) is 69.2 cm³/mol. The smallest absolute Gasteiger partial charge is 0.553 e. The van der Waals surface area contributed by atoms with Crippen LogP contribution < -0.4 is 120 Å². The van der Waals surface area contributed by atoms with E-state index in [0.29, 0.717) is 5.65 Å². The Balaban J connectivity index is 0.000000735. The first-order valence-electron chi connectivity index (χ1n) is 5.69. The molecule has 1 aliphatic heterocycles. The summed E-state index contributed by atoms with van der Waals surface area (Å²) >= 11 is 0. The number of anilines is 1. The average Bonchev–Trinajstić information content (AvgIpc) is 3.05.